The molecule has 21 heavy (non-hydrogen) atoms. The fourth-order valence-corrected chi connectivity index (χ4v) is 3.57. The Morgan fingerprint density at radius 3 is 2.81 bits per heavy atom. The highest BCUT2D eigenvalue weighted by molar-refractivity contribution is 7.99. The Labute approximate surface area is 136 Å². The molecule has 0 radical (unpaired) electrons. The third-order valence-electron chi connectivity index (χ3n) is 3.75. The summed E-state index contributed by atoms with van der Waals surface area (Å²) in [5.74, 6) is 1.20. The van der Waals surface area contributed by atoms with Gasteiger partial charge in [0, 0.05) is 41.7 Å². The third kappa shape index (κ3) is 4.46. The standard InChI is InChI=1S/C16H23ClN2OS/c1-3-10-21-15-5-4-13(17)11-14(15)16(20)12(2)19-8-6-18-7-9-19/h4-5,11-12,18H,3,6-10H2,1-2H3. The molecule has 1 atom stereocenters. The van der Waals surface area contributed by atoms with Gasteiger partial charge in [0.1, 0.15) is 0 Å². The quantitative estimate of drug-likeness (QED) is 0.642. The van der Waals surface area contributed by atoms with Crippen molar-refractivity contribution >= 4 is 29.1 Å². The highest BCUT2D eigenvalue weighted by Crippen LogP contribution is 2.28. The fourth-order valence-electron chi connectivity index (χ4n) is 2.49. The number of carbonyl (C=O) groups is 1. The number of Topliss-reactive ketones (excluding diaryl/α,β-unsaturated/α-hetero) is 1. The van der Waals surface area contributed by atoms with E-state index in [0.29, 0.717) is 5.02 Å². The maximum atomic E-state index is 12.8. The molecule has 1 saturated heterocycles. The zero-order chi connectivity index (χ0) is 15.2. The van der Waals surface area contributed by atoms with E-state index >= 15 is 0 Å². The van der Waals surface area contributed by atoms with Gasteiger partial charge in [-0.25, -0.2) is 0 Å². The summed E-state index contributed by atoms with van der Waals surface area (Å²) >= 11 is 7.84. The predicted octanol–water partition coefficient (Wildman–Crippen LogP) is 3.32. The number of hydrogen-bond donors (Lipinski definition) is 1. The molecule has 1 N–H and O–H groups in total. The van der Waals surface area contributed by atoms with E-state index in [9.17, 15) is 4.79 Å². The number of hydrogen-bond acceptors (Lipinski definition) is 4. The number of piperazine rings is 1. The van der Waals surface area contributed by atoms with Crippen molar-refractivity contribution in [1.29, 1.82) is 0 Å². The Morgan fingerprint density at radius 1 is 1.43 bits per heavy atom. The van der Waals surface area contributed by atoms with Crippen LogP contribution < -0.4 is 5.32 Å². The van der Waals surface area contributed by atoms with Gasteiger partial charge in [-0.3, -0.25) is 9.69 Å². The molecule has 1 heterocycles. The summed E-state index contributed by atoms with van der Waals surface area (Å²) in [6.07, 6.45) is 1.09. The summed E-state index contributed by atoms with van der Waals surface area (Å²) in [5, 5.41) is 3.95. The summed E-state index contributed by atoms with van der Waals surface area (Å²) in [6, 6.07) is 5.57. The summed E-state index contributed by atoms with van der Waals surface area (Å²) in [4.78, 5) is 16.1. The van der Waals surface area contributed by atoms with Gasteiger partial charge in [-0.2, -0.15) is 0 Å². The summed E-state index contributed by atoms with van der Waals surface area (Å²) in [7, 11) is 0. The van der Waals surface area contributed by atoms with Crippen molar-refractivity contribution in [1.82, 2.24) is 10.2 Å². The Kier molecular flexibility index (Phi) is 6.55. The van der Waals surface area contributed by atoms with Crippen molar-refractivity contribution in [3.8, 4) is 0 Å². The van der Waals surface area contributed by atoms with E-state index in [1.807, 2.05) is 25.1 Å². The van der Waals surface area contributed by atoms with Gasteiger partial charge in [0.25, 0.3) is 0 Å². The number of nitrogens with zero attached hydrogens (tertiary/aromatic N) is 1. The molecular formula is C16H23ClN2OS. The summed E-state index contributed by atoms with van der Waals surface area (Å²) < 4.78 is 0. The maximum absolute atomic E-state index is 12.8. The average Bonchev–Trinajstić information content (AvgIpc) is 2.53. The van der Waals surface area contributed by atoms with Crippen LogP contribution in [-0.2, 0) is 0 Å². The number of benzene rings is 1. The molecule has 0 bridgehead atoms. The minimum absolute atomic E-state index is 0.0912. The van der Waals surface area contributed by atoms with E-state index in [-0.39, 0.29) is 11.8 Å². The molecule has 1 aliphatic rings. The number of rotatable bonds is 6. The number of nitrogens with one attached hydrogen (secondary N) is 1. The molecule has 116 valence electrons. The lowest BCUT2D eigenvalue weighted by Crippen LogP contribution is -2.50. The smallest absolute Gasteiger partial charge is 0.180 e. The van der Waals surface area contributed by atoms with Crippen LogP contribution in [0.4, 0.5) is 0 Å². The van der Waals surface area contributed by atoms with Crippen LogP contribution in [0.1, 0.15) is 30.6 Å². The molecule has 1 fully saturated rings. The number of thioether (sulfide) groups is 1. The molecule has 2 rings (SSSR count). The number of halogens is 1. The Bertz CT molecular complexity index is 489. The van der Waals surface area contributed by atoms with Gasteiger partial charge < -0.3 is 5.32 Å². The molecule has 0 aromatic heterocycles. The summed E-state index contributed by atoms with van der Waals surface area (Å²) in [5.41, 5.74) is 0.770. The van der Waals surface area contributed by atoms with Crippen LogP contribution in [0.25, 0.3) is 0 Å². The van der Waals surface area contributed by atoms with Gasteiger partial charge in [-0.05, 0) is 37.3 Å². The molecule has 3 nitrogen and oxygen atoms in total. The van der Waals surface area contributed by atoms with Crippen molar-refractivity contribution in [2.45, 2.75) is 31.2 Å². The lowest BCUT2D eigenvalue weighted by molar-refractivity contribution is 0.0817. The van der Waals surface area contributed by atoms with E-state index in [4.69, 9.17) is 11.6 Å². The zero-order valence-corrected chi connectivity index (χ0v) is 14.3. The van der Waals surface area contributed by atoms with Gasteiger partial charge in [-0.15, -0.1) is 11.8 Å². The molecular weight excluding hydrogens is 304 g/mol. The van der Waals surface area contributed by atoms with Gasteiger partial charge in [0.2, 0.25) is 0 Å². The van der Waals surface area contributed by atoms with Gasteiger partial charge >= 0.3 is 0 Å². The minimum atomic E-state index is -0.0912. The van der Waals surface area contributed by atoms with E-state index in [1.54, 1.807) is 11.8 Å². The number of ketones is 1. The van der Waals surface area contributed by atoms with Crippen LogP contribution in [0.15, 0.2) is 23.1 Å². The zero-order valence-electron chi connectivity index (χ0n) is 12.7. The molecule has 0 saturated carbocycles. The lowest BCUT2D eigenvalue weighted by Gasteiger charge is -2.32. The van der Waals surface area contributed by atoms with E-state index in [1.165, 1.54) is 0 Å². The summed E-state index contributed by atoms with van der Waals surface area (Å²) in [6.45, 7) is 7.89. The van der Waals surface area contributed by atoms with Crippen molar-refractivity contribution in [2.75, 3.05) is 31.9 Å². The number of carbonyl (C=O) groups excluding carboxylic acids is 1. The Balaban J connectivity index is 2.18. The van der Waals surface area contributed by atoms with Crippen LogP contribution >= 0.6 is 23.4 Å². The van der Waals surface area contributed by atoms with Crippen molar-refractivity contribution in [2.24, 2.45) is 0 Å². The minimum Gasteiger partial charge on any atom is -0.314 e. The monoisotopic (exact) mass is 326 g/mol. The molecule has 0 spiro atoms. The van der Waals surface area contributed by atoms with E-state index in [0.717, 1.165) is 48.8 Å². The highest BCUT2D eigenvalue weighted by atomic mass is 35.5. The highest BCUT2D eigenvalue weighted by Gasteiger charge is 2.25. The topological polar surface area (TPSA) is 32.3 Å². The second-order valence-corrected chi connectivity index (χ2v) is 6.89. The average molecular weight is 327 g/mol. The largest absolute Gasteiger partial charge is 0.314 e. The van der Waals surface area contributed by atoms with Gasteiger partial charge in [-0.1, -0.05) is 18.5 Å². The first-order valence-electron chi connectivity index (χ1n) is 7.54. The van der Waals surface area contributed by atoms with Crippen LogP contribution in [0.2, 0.25) is 5.02 Å². The van der Waals surface area contributed by atoms with Gasteiger partial charge in [0.05, 0.1) is 6.04 Å². The fraction of sp³-hybridized carbons (Fsp3) is 0.562. The van der Waals surface area contributed by atoms with Crippen LogP contribution in [-0.4, -0.2) is 48.7 Å². The lowest BCUT2D eigenvalue weighted by atomic mass is 10.0. The van der Waals surface area contributed by atoms with Crippen LogP contribution in [0.3, 0.4) is 0 Å². The van der Waals surface area contributed by atoms with E-state index < -0.39 is 0 Å². The van der Waals surface area contributed by atoms with Crippen molar-refractivity contribution in [3.05, 3.63) is 28.8 Å². The SMILES string of the molecule is CCCSc1ccc(Cl)cc1C(=O)C(C)N1CCNCC1. The van der Waals surface area contributed by atoms with Crippen LogP contribution in [0, 0.1) is 0 Å². The second-order valence-electron chi connectivity index (χ2n) is 5.32. The molecule has 5 heteroatoms. The van der Waals surface area contributed by atoms with Crippen molar-refractivity contribution in [3.63, 3.8) is 0 Å². The van der Waals surface area contributed by atoms with Gasteiger partial charge in [0.15, 0.2) is 5.78 Å². The van der Waals surface area contributed by atoms with Crippen LogP contribution in [0.5, 0.6) is 0 Å². The Hall–Kier alpha value is -0.550. The first-order chi connectivity index (χ1) is 10.1. The second kappa shape index (κ2) is 8.18. The molecule has 1 aromatic carbocycles. The molecule has 0 aliphatic carbocycles. The molecule has 1 aliphatic heterocycles. The van der Waals surface area contributed by atoms with Crippen molar-refractivity contribution < 1.29 is 4.79 Å². The first kappa shape index (κ1) is 16.8. The Morgan fingerprint density at radius 2 is 2.14 bits per heavy atom. The third-order valence-corrected chi connectivity index (χ3v) is 5.26. The molecule has 0 amide bonds. The molecule has 1 unspecified atom stereocenters. The maximum Gasteiger partial charge on any atom is 0.180 e. The predicted molar refractivity (Wildman–Crippen MR) is 90.7 cm³/mol. The first-order valence-corrected chi connectivity index (χ1v) is 8.91. The molecule has 1 aromatic rings. The normalized spacial score (nSPS) is 17.7. The van der Waals surface area contributed by atoms with E-state index in [2.05, 4.69) is 17.1 Å².